The molecule has 2 N–H and O–H groups in total. The number of hydrogen-bond donors (Lipinski definition) is 1. The second-order valence-electron chi connectivity index (χ2n) is 5.13. The third kappa shape index (κ3) is 2.57. The molecule has 0 fully saturated rings. The van der Waals surface area contributed by atoms with Gasteiger partial charge in [-0.3, -0.25) is 0 Å². The summed E-state index contributed by atoms with van der Waals surface area (Å²) in [4.78, 5) is 0. The molecule has 22 heavy (non-hydrogen) atoms. The standard InChI is InChI=1S/C17H15F2N3/c1-11-16(14-9-13(18)7-8-15(14)19)21-22(17(11)20)10-12-5-3-2-4-6-12/h2-9H,10,20H2,1H3. The van der Waals surface area contributed by atoms with E-state index in [-0.39, 0.29) is 5.56 Å². The van der Waals surface area contributed by atoms with E-state index in [1.807, 2.05) is 30.3 Å². The summed E-state index contributed by atoms with van der Waals surface area (Å²) < 4.78 is 28.9. The highest BCUT2D eigenvalue weighted by molar-refractivity contribution is 5.68. The molecule has 0 atom stereocenters. The molecular formula is C17H15F2N3. The van der Waals surface area contributed by atoms with E-state index in [2.05, 4.69) is 5.10 Å². The Kier molecular flexibility index (Phi) is 3.63. The van der Waals surface area contributed by atoms with Crippen molar-refractivity contribution in [2.24, 2.45) is 0 Å². The van der Waals surface area contributed by atoms with Crippen molar-refractivity contribution >= 4 is 5.82 Å². The number of nitrogens with zero attached hydrogens (tertiary/aromatic N) is 2. The van der Waals surface area contributed by atoms with Gasteiger partial charge in [0.1, 0.15) is 23.1 Å². The SMILES string of the molecule is Cc1c(-c2cc(F)ccc2F)nn(Cc2ccccc2)c1N. The molecule has 0 bridgehead atoms. The average Bonchev–Trinajstić information content (AvgIpc) is 2.79. The highest BCUT2D eigenvalue weighted by Gasteiger charge is 2.17. The zero-order chi connectivity index (χ0) is 15.7. The molecule has 0 radical (unpaired) electrons. The van der Waals surface area contributed by atoms with Gasteiger partial charge in [0.25, 0.3) is 0 Å². The van der Waals surface area contributed by atoms with Crippen LogP contribution in [-0.4, -0.2) is 9.78 Å². The van der Waals surface area contributed by atoms with Crippen LogP contribution in [0.4, 0.5) is 14.6 Å². The van der Waals surface area contributed by atoms with E-state index in [0.29, 0.717) is 23.6 Å². The van der Waals surface area contributed by atoms with E-state index in [0.717, 1.165) is 23.8 Å². The van der Waals surface area contributed by atoms with Crippen LogP contribution in [0.3, 0.4) is 0 Å². The minimum absolute atomic E-state index is 0.121. The average molecular weight is 299 g/mol. The van der Waals surface area contributed by atoms with Crippen molar-refractivity contribution in [3.63, 3.8) is 0 Å². The lowest BCUT2D eigenvalue weighted by molar-refractivity contribution is 0.601. The summed E-state index contributed by atoms with van der Waals surface area (Å²) in [6.07, 6.45) is 0. The van der Waals surface area contributed by atoms with Gasteiger partial charge < -0.3 is 5.73 Å². The molecule has 0 aliphatic heterocycles. The zero-order valence-corrected chi connectivity index (χ0v) is 12.1. The largest absolute Gasteiger partial charge is 0.384 e. The molecule has 3 nitrogen and oxygen atoms in total. The summed E-state index contributed by atoms with van der Waals surface area (Å²) in [7, 11) is 0. The van der Waals surface area contributed by atoms with E-state index >= 15 is 0 Å². The highest BCUT2D eigenvalue weighted by Crippen LogP contribution is 2.29. The summed E-state index contributed by atoms with van der Waals surface area (Å²) in [6, 6.07) is 13.0. The summed E-state index contributed by atoms with van der Waals surface area (Å²) >= 11 is 0. The van der Waals surface area contributed by atoms with Gasteiger partial charge in [0, 0.05) is 11.1 Å². The Bertz CT molecular complexity index is 810. The van der Waals surface area contributed by atoms with Crippen LogP contribution in [-0.2, 0) is 6.54 Å². The first-order valence-corrected chi connectivity index (χ1v) is 6.88. The second kappa shape index (κ2) is 5.60. The number of benzene rings is 2. The summed E-state index contributed by atoms with van der Waals surface area (Å²) in [5.74, 6) is -0.580. The van der Waals surface area contributed by atoms with Gasteiger partial charge in [-0.2, -0.15) is 5.10 Å². The van der Waals surface area contributed by atoms with Crippen LogP contribution in [0.1, 0.15) is 11.1 Å². The van der Waals surface area contributed by atoms with Gasteiger partial charge in [0.05, 0.1) is 6.54 Å². The number of rotatable bonds is 3. The quantitative estimate of drug-likeness (QED) is 0.800. The number of halogens is 2. The molecule has 1 aromatic heterocycles. The fourth-order valence-electron chi connectivity index (χ4n) is 2.38. The molecule has 3 rings (SSSR count). The Morgan fingerprint density at radius 3 is 2.55 bits per heavy atom. The van der Waals surface area contributed by atoms with Crippen molar-refractivity contribution in [3.8, 4) is 11.3 Å². The number of anilines is 1. The van der Waals surface area contributed by atoms with Crippen LogP contribution >= 0.6 is 0 Å². The first-order valence-electron chi connectivity index (χ1n) is 6.88. The predicted octanol–water partition coefficient (Wildman–Crippen LogP) is 3.77. The monoisotopic (exact) mass is 299 g/mol. The van der Waals surface area contributed by atoms with E-state index in [1.165, 1.54) is 0 Å². The molecular weight excluding hydrogens is 284 g/mol. The van der Waals surface area contributed by atoms with Gasteiger partial charge in [-0.25, -0.2) is 13.5 Å². The van der Waals surface area contributed by atoms with Crippen molar-refractivity contribution in [2.45, 2.75) is 13.5 Å². The molecule has 0 saturated carbocycles. The molecule has 0 spiro atoms. The molecule has 0 amide bonds. The molecule has 0 unspecified atom stereocenters. The van der Waals surface area contributed by atoms with Gasteiger partial charge in [0.15, 0.2) is 0 Å². The molecule has 3 aromatic rings. The Morgan fingerprint density at radius 1 is 1.09 bits per heavy atom. The van der Waals surface area contributed by atoms with Crippen molar-refractivity contribution < 1.29 is 8.78 Å². The Morgan fingerprint density at radius 2 is 1.82 bits per heavy atom. The molecule has 0 aliphatic rings. The van der Waals surface area contributed by atoms with Crippen LogP contribution in [0.25, 0.3) is 11.3 Å². The van der Waals surface area contributed by atoms with E-state index in [9.17, 15) is 8.78 Å². The molecule has 112 valence electrons. The maximum Gasteiger partial charge on any atom is 0.132 e. The number of nitrogens with two attached hydrogens (primary N) is 1. The summed E-state index contributed by atoms with van der Waals surface area (Å²) in [5.41, 5.74) is 8.22. The number of nitrogen functional groups attached to an aromatic ring is 1. The van der Waals surface area contributed by atoms with Gasteiger partial charge in [-0.15, -0.1) is 0 Å². The van der Waals surface area contributed by atoms with Gasteiger partial charge in [-0.1, -0.05) is 30.3 Å². The van der Waals surface area contributed by atoms with E-state index < -0.39 is 11.6 Å². The molecule has 0 aliphatic carbocycles. The van der Waals surface area contributed by atoms with Crippen LogP contribution < -0.4 is 5.73 Å². The van der Waals surface area contributed by atoms with Crippen molar-refractivity contribution in [3.05, 3.63) is 71.3 Å². The number of aromatic nitrogens is 2. The lowest BCUT2D eigenvalue weighted by Gasteiger charge is -2.04. The first-order chi connectivity index (χ1) is 10.6. The summed E-state index contributed by atoms with van der Waals surface area (Å²) in [6.45, 7) is 2.23. The minimum Gasteiger partial charge on any atom is -0.384 e. The fourth-order valence-corrected chi connectivity index (χ4v) is 2.38. The maximum absolute atomic E-state index is 13.9. The normalized spacial score (nSPS) is 10.9. The van der Waals surface area contributed by atoms with Crippen LogP contribution in [0, 0.1) is 18.6 Å². The molecule has 1 heterocycles. The lowest BCUT2D eigenvalue weighted by Crippen LogP contribution is -2.06. The highest BCUT2D eigenvalue weighted by atomic mass is 19.1. The molecule has 2 aromatic carbocycles. The van der Waals surface area contributed by atoms with Crippen LogP contribution in [0.2, 0.25) is 0 Å². The number of hydrogen-bond acceptors (Lipinski definition) is 2. The van der Waals surface area contributed by atoms with Crippen LogP contribution in [0.15, 0.2) is 48.5 Å². The third-order valence-electron chi connectivity index (χ3n) is 3.60. The van der Waals surface area contributed by atoms with Gasteiger partial charge >= 0.3 is 0 Å². The van der Waals surface area contributed by atoms with Crippen molar-refractivity contribution in [1.29, 1.82) is 0 Å². The fraction of sp³-hybridized carbons (Fsp3) is 0.118. The zero-order valence-electron chi connectivity index (χ0n) is 12.1. The smallest absolute Gasteiger partial charge is 0.132 e. The Hall–Kier alpha value is -2.69. The lowest BCUT2D eigenvalue weighted by atomic mass is 10.1. The molecule has 5 heteroatoms. The first kappa shape index (κ1) is 14.3. The Balaban J connectivity index is 2.04. The van der Waals surface area contributed by atoms with Crippen LogP contribution in [0.5, 0.6) is 0 Å². The van der Waals surface area contributed by atoms with E-state index in [4.69, 9.17) is 5.73 Å². The minimum atomic E-state index is -0.520. The van der Waals surface area contributed by atoms with Gasteiger partial charge in [0.2, 0.25) is 0 Å². The van der Waals surface area contributed by atoms with Crippen molar-refractivity contribution in [2.75, 3.05) is 5.73 Å². The summed E-state index contributed by atoms with van der Waals surface area (Å²) in [5, 5.41) is 4.36. The van der Waals surface area contributed by atoms with E-state index in [1.54, 1.807) is 11.6 Å². The maximum atomic E-state index is 13.9. The van der Waals surface area contributed by atoms with Crippen molar-refractivity contribution in [1.82, 2.24) is 9.78 Å². The third-order valence-corrected chi connectivity index (χ3v) is 3.60. The molecule has 0 saturated heterocycles. The Labute approximate surface area is 127 Å². The predicted molar refractivity (Wildman–Crippen MR) is 82.3 cm³/mol. The van der Waals surface area contributed by atoms with Gasteiger partial charge in [-0.05, 0) is 30.7 Å². The second-order valence-corrected chi connectivity index (χ2v) is 5.13. The topological polar surface area (TPSA) is 43.8 Å².